The van der Waals surface area contributed by atoms with E-state index in [-0.39, 0.29) is 11.6 Å². The molecule has 0 atom stereocenters. The highest BCUT2D eigenvalue weighted by Gasteiger charge is 2.11. The standard InChI is InChI=1S/C15H13FO2S/c1-18-15-5-3-2-4-13(15)14(17)10-19-12-8-6-11(16)7-9-12/h2-9H,10H2,1H3. The van der Waals surface area contributed by atoms with Gasteiger partial charge in [-0.05, 0) is 36.4 Å². The molecule has 0 saturated carbocycles. The van der Waals surface area contributed by atoms with Gasteiger partial charge in [-0.15, -0.1) is 11.8 Å². The highest BCUT2D eigenvalue weighted by molar-refractivity contribution is 8.00. The van der Waals surface area contributed by atoms with E-state index in [4.69, 9.17) is 4.74 Å². The van der Waals surface area contributed by atoms with E-state index in [0.717, 1.165) is 4.90 Å². The molecule has 0 heterocycles. The van der Waals surface area contributed by atoms with Gasteiger partial charge in [-0.3, -0.25) is 4.79 Å². The Kier molecular flexibility index (Phi) is 4.58. The average molecular weight is 276 g/mol. The number of hydrogen-bond donors (Lipinski definition) is 0. The van der Waals surface area contributed by atoms with Crippen LogP contribution in [0.1, 0.15) is 10.4 Å². The van der Waals surface area contributed by atoms with Gasteiger partial charge in [0.2, 0.25) is 0 Å². The number of carbonyl (C=O) groups excluding carboxylic acids is 1. The van der Waals surface area contributed by atoms with Gasteiger partial charge in [0, 0.05) is 4.90 Å². The first-order valence-corrected chi connectivity index (χ1v) is 6.74. The zero-order valence-electron chi connectivity index (χ0n) is 10.4. The molecule has 0 bridgehead atoms. The Bertz CT molecular complexity index is 567. The van der Waals surface area contributed by atoms with Crippen LogP contribution in [0.5, 0.6) is 5.75 Å². The molecule has 2 aromatic rings. The van der Waals surface area contributed by atoms with Crippen LogP contribution in [0.25, 0.3) is 0 Å². The molecular weight excluding hydrogens is 263 g/mol. The van der Waals surface area contributed by atoms with E-state index in [2.05, 4.69) is 0 Å². The Morgan fingerprint density at radius 1 is 1.16 bits per heavy atom. The molecule has 0 spiro atoms. The third kappa shape index (κ3) is 3.58. The number of Topliss-reactive ketones (excluding diaryl/α,β-unsaturated/α-hetero) is 1. The van der Waals surface area contributed by atoms with Gasteiger partial charge in [0.15, 0.2) is 5.78 Å². The topological polar surface area (TPSA) is 26.3 Å². The maximum Gasteiger partial charge on any atom is 0.176 e. The van der Waals surface area contributed by atoms with Crippen LogP contribution in [0.4, 0.5) is 4.39 Å². The first-order valence-electron chi connectivity index (χ1n) is 5.75. The van der Waals surface area contributed by atoms with Gasteiger partial charge in [-0.2, -0.15) is 0 Å². The predicted molar refractivity (Wildman–Crippen MR) is 74.4 cm³/mol. The van der Waals surface area contributed by atoms with Gasteiger partial charge < -0.3 is 4.74 Å². The van der Waals surface area contributed by atoms with E-state index in [1.807, 2.05) is 6.07 Å². The van der Waals surface area contributed by atoms with Crippen molar-refractivity contribution in [3.63, 3.8) is 0 Å². The van der Waals surface area contributed by atoms with Crippen molar-refractivity contribution in [3.05, 3.63) is 59.9 Å². The van der Waals surface area contributed by atoms with Gasteiger partial charge in [0.05, 0.1) is 18.4 Å². The number of halogens is 1. The number of thioether (sulfide) groups is 1. The smallest absolute Gasteiger partial charge is 0.176 e. The maximum absolute atomic E-state index is 12.8. The van der Waals surface area contributed by atoms with Crippen molar-refractivity contribution in [1.29, 1.82) is 0 Å². The minimum absolute atomic E-state index is 0.00762. The molecular formula is C15H13FO2S. The van der Waals surface area contributed by atoms with Crippen LogP contribution in [0.15, 0.2) is 53.4 Å². The minimum Gasteiger partial charge on any atom is -0.496 e. The summed E-state index contributed by atoms with van der Waals surface area (Å²) in [5, 5.41) is 0. The fourth-order valence-electron chi connectivity index (χ4n) is 1.63. The molecule has 0 aliphatic rings. The molecule has 0 radical (unpaired) electrons. The summed E-state index contributed by atoms with van der Waals surface area (Å²) in [7, 11) is 1.54. The van der Waals surface area contributed by atoms with E-state index in [1.54, 1.807) is 37.4 Å². The molecule has 2 rings (SSSR count). The molecule has 98 valence electrons. The first-order chi connectivity index (χ1) is 9.20. The van der Waals surface area contributed by atoms with E-state index in [1.165, 1.54) is 23.9 Å². The van der Waals surface area contributed by atoms with Crippen molar-refractivity contribution < 1.29 is 13.9 Å². The van der Waals surface area contributed by atoms with Crippen molar-refractivity contribution in [2.24, 2.45) is 0 Å². The summed E-state index contributed by atoms with van der Waals surface area (Å²) in [5.41, 5.74) is 0.569. The minimum atomic E-state index is -0.277. The molecule has 0 fully saturated rings. The lowest BCUT2D eigenvalue weighted by molar-refractivity contribution is 0.101. The summed E-state index contributed by atoms with van der Waals surface area (Å²) in [4.78, 5) is 13.0. The second kappa shape index (κ2) is 6.38. The Labute approximate surface area is 115 Å². The molecule has 19 heavy (non-hydrogen) atoms. The Morgan fingerprint density at radius 2 is 1.84 bits per heavy atom. The number of para-hydroxylation sites is 1. The van der Waals surface area contributed by atoms with Crippen LogP contribution in [0.2, 0.25) is 0 Å². The van der Waals surface area contributed by atoms with Crippen LogP contribution in [0.3, 0.4) is 0 Å². The molecule has 0 aliphatic heterocycles. The second-order valence-electron chi connectivity index (χ2n) is 3.87. The normalized spacial score (nSPS) is 10.2. The van der Waals surface area contributed by atoms with E-state index in [9.17, 15) is 9.18 Å². The Hall–Kier alpha value is -1.81. The zero-order chi connectivity index (χ0) is 13.7. The average Bonchev–Trinajstić information content (AvgIpc) is 2.46. The van der Waals surface area contributed by atoms with E-state index >= 15 is 0 Å². The van der Waals surface area contributed by atoms with Crippen molar-refractivity contribution in [2.75, 3.05) is 12.9 Å². The van der Waals surface area contributed by atoms with Crippen LogP contribution >= 0.6 is 11.8 Å². The van der Waals surface area contributed by atoms with Gasteiger partial charge in [-0.25, -0.2) is 4.39 Å². The molecule has 0 aliphatic carbocycles. The first kappa shape index (κ1) is 13.6. The third-order valence-electron chi connectivity index (χ3n) is 2.59. The predicted octanol–water partition coefficient (Wildman–Crippen LogP) is 3.81. The molecule has 0 unspecified atom stereocenters. The highest BCUT2D eigenvalue weighted by Crippen LogP contribution is 2.23. The van der Waals surface area contributed by atoms with Crippen LogP contribution in [-0.2, 0) is 0 Å². The van der Waals surface area contributed by atoms with Crippen molar-refractivity contribution in [3.8, 4) is 5.75 Å². The number of ether oxygens (including phenoxy) is 1. The summed E-state index contributed by atoms with van der Waals surface area (Å²) in [6, 6.07) is 13.2. The second-order valence-corrected chi connectivity index (χ2v) is 4.91. The number of rotatable bonds is 5. The molecule has 0 N–H and O–H groups in total. The van der Waals surface area contributed by atoms with Crippen molar-refractivity contribution >= 4 is 17.5 Å². The Morgan fingerprint density at radius 3 is 2.53 bits per heavy atom. The fraction of sp³-hybridized carbons (Fsp3) is 0.133. The molecule has 2 aromatic carbocycles. The van der Waals surface area contributed by atoms with Crippen LogP contribution < -0.4 is 4.74 Å². The molecule has 0 saturated heterocycles. The number of carbonyl (C=O) groups is 1. The molecule has 4 heteroatoms. The molecule has 2 nitrogen and oxygen atoms in total. The highest BCUT2D eigenvalue weighted by atomic mass is 32.2. The molecule has 0 amide bonds. The van der Waals surface area contributed by atoms with Crippen LogP contribution in [0, 0.1) is 5.82 Å². The van der Waals surface area contributed by atoms with Crippen molar-refractivity contribution in [1.82, 2.24) is 0 Å². The van der Waals surface area contributed by atoms with E-state index in [0.29, 0.717) is 17.1 Å². The zero-order valence-corrected chi connectivity index (χ0v) is 11.2. The number of methoxy groups -OCH3 is 1. The van der Waals surface area contributed by atoms with E-state index < -0.39 is 0 Å². The number of hydrogen-bond acceptors (Lipinski definition) is 3. The fourth-order valence-corrected chi connectivity index (χ4v) is 2.41. The lowest BCUT2D eigenvalue weighted by Gasteiger charge is -2.07. The number of ketones is 1. The summed E-state index contributed by atoms with van der Waals surface area (Å²) in [5.74, 6) is 0.589. The summed E-state index contributed by atoms with van der Waals surface area (Å²) in [6.45, 7) is 0. The molecule has 0 aromatic heterocycles. The lowest BCUT2D eigenvalue weighted by atomic mass is 10.1. The van der Waals surface area contributed by atoms with Crippen LogP contribution in [-0.4, -0.2) is 18.6 Å². The lowest BCUT2D eigenvalue weighted by Crippen LogP contribution is -2.04. The maximum atomic E-state index is 12.8. The third-order valence-corrected chi connectivity index (χ3v) is 3.60. The monoisotopic (exact) mass is 276 g/mol. The van der Waals surface area contributed by atoms with Crippen molar-refractivity contribution in [2.45, 2.75) is 4.90 Å². The van der Waals surface area contributed by atoms with Gasteiger partial charge in [-0.1, -0.05) is 12.1 Å². The van der Waals surface area contributed by atoms with Gasteiger partial charge >= 0.3 is 0 Å². The summed E-state index contributed by atoms with van der Waals surface area (Å²) < 4.78 is 17.9. The van der Waals surface area contributed by atoms with Gasteiger partial charge in [0.1, 0.15) is 11.6 Å². The van der Waals surface area contributed by atoms with Gasteiger partial charge in [0.25, 0.3) is 0 Å². The summed E-state index contributed by atoms with van der Waals surface area (Å²) >= 11 is 1.38. The quantitative estimate of drug-likeness (QED) is 0.613. The number of benzene rings is 2. The summed E-state index contributed by atoms with van der Waals surface area (Å²) in [6.07, 6.45) is 0. The SMILES string of the molecule is COc1ccccc1C(=O)CSc1ccc(F)cc1. The largest absolute Gasteiger partial charge is 0.496 e. The Balaban J connectivity index is 2.03.